The molecule has 20 heavy (non-hydrogen) atoms. The van der Waals surface area contributed by atoms with Crippen LogP contribution in [0.15, 0.2) is 24.3 Å². The summed E-state index contributed by atoms with van der Waals surface area (Å²) in [5, 5.41) is 3.57. The fraction of sp³-hybridized carbons (Fsp3) is 0.667. The first-order chi connectivity index (χ1) is 9.81. The molecule has 1 aromatic rings. The molecule has 1 atom stereocenters. The van der Waals surface area contributed by atoms with Gasteiger partial charge in [-0.25, -0.2) is 4.39 Å². The van der Waals surface area contributed by atoms with Crippen molar-refractivity contribution in [3.05, 3.63) is 35.6 Å². The van der Waals surface area contributed by atoms with Gasteiger partial charge >= 0.3 is 0 Å². The Morgan fingerprint density at radius 2 is 1.90 bits per heavy atom. The average molecular weight is 277 g/mol. The third-order valence-electron chi connectivity index (χ3n) is 4.23. The predicted octanol–water partition coefficient (Wildman–Crippen LogP) is 5.02. The molecule has 1 aromatic carbocycles. The highest BCUT2D eigenvalue weighted by atomic mass is 19.1. The molecule has 0 bridgehead atoms. The standard InChI is InChI=1S/C18H28FN/c1-2-3-4-5-6-9-15(14-20-16-12-13-16)17-10-7-8-11-18(17)19/h7-8,10-11,15-16,20H,2-6,9,12-14H2,1H3. The van der Waals surface area contributed by atoms with Gasteiger partial charge in [0.15, 0.2) is 0 Å². The van der Waals surface area contributed by atoms with Gasteiger partial charge in [-0.3, -0.25) is 0 Å². The first-order valence-corrected chi connectivity index (χ1v) is 8.29. The number of hydrogen-bond acceptors (Lipinski definition) is 1. The van der Waals surface area contributed by atoms with E-state index in [9.17, 15) is 4.39 Å². The second kappa shape index (κ2) is 8.41. The van der Waals surface area contributed by atoms with Gasteiger partial charge in [0.05, 0.1) is 0 Å². The van der Waals surface area contributed by atoms with Crippen LogP contribution in [-0.4, -0.2) is 12.6 Å². The summed E-state index contributed by atoms with van der Waals surface area (Å²) in [5.74, 6) is 0.294. The maximum absolute atomic E-state index is 14.0. The summed E-state index contributed by atoms with van der Waals surface area (Å²) in [6, 6.07) is 7.99. The van der Waals surface area contributed by atoms with Crippen LogP contribution >= 0.6 is 0 Å². The van der Waals surface area contributed by atoms with Crippen LogP contribution in [0.25, 0.3) is 0 Å². The van der Waals surface area contributed by atoms with Crippen molar-refractivity contribution in [3.8, 4) is 0 Å². The SMILES string of the molecule is CCCCCCCC(CNC1CC1)c1ccccc1F. The van der Waals surface area contributed by atoms with Crippen molar-refractivity contribution in [3.63, 3.8) is 0 Å². The van der Waals surface area contributed by atoms with Gasteiger partial charge in [-0.05, 0) is 36.8 Å². The summed E-state index contributed by atoms with van der Waals surface area (Å²) >= 11 is 0. The van der Waals surface area contributed by atoms with E-state index in [1.165, 1.54) is 44.9 Å². The fourth-order valence-corrected chi connectivity index (χ4v) is 2.76. The molecule has 112 valence electrons. The summed E-state index contributed by atoms with van der Waals surface area (Å²) in [6.45, 7) is 3.17. The molecule has 0 aliphatic heterocycles. The molecule has 1 N–H and O–H groups in total. The van der Waals surface area contributed by atoms with Crippen LogP contribution in [0.3, 0.4) is 0 Å². The molecule has 1 aliphatic rings. The van der Waals surface area contributed by atoms with Crippen molar-refractivity contribution in [2.24, 2.45) is 0 Å². The van der Waals surface area contributed by atoms with E-state index in [2.05, 4.69) is 12.2 Å². The Balaban J connectivity index is 1.84. The van der Waals surface area contributed by atoms with Gasteiger partial charge in [-0.1, -0.05) is 57.2 Å². The minimum atomic E-state index is -0.0383. The summed E-state index contributed by atoms with van der Waals surface area (Å²) in [4.78, 5) is 0. The first-order valence-electron chi connectivity index (χ1n) is 8.29. The van der Waals surface area contributed by atoms with Gasteiger partial charge < -0.3 is 5.32 Å². The molecule has 1 saturated carbocycles. The Morgan fingerprint density at radius 3 is 2.60 bits per heavy atom. The smallest absolute Gasteiger partial charge is 0.126 e. The zero-order valence-electron chi connectivity index (χ0n) is 12.7. The lowest BCUT2D eigenvalue weighted by atomic mass is 9.92. The van der Waals surface area contributed by atoms with Crippen LogP contribution in [0.4, 0.5) is 4.39 Å². The molecule has 1 fully saturated rings. The second-order valence-corrected chi connectivity index (χ2v) is 6.10. The molecular formula is C18H28FN. The quantitative estimate of drug-likeness (QED) is 0.592. The number of nitrogens with one attached hydrogen (secondary N) is 1. The van der Waals surface area contributed by atoms with Crippen molar-refractivity contribution in [2.75, 3.05) is 6.54 Å². The second-order valence-electron chi connectivity index (χ2n) is 6.10. The van der Waals surface area contributed by atoms with E-state index in [-0.39, 0.29) is 5.82 Å². The topological polar surface area (TPSA) is 12.0 Å². The van der Waals surface area contributed by atoms with Crippen LogP contribution in [0.2, 0.25) is 0 Å². The van der Waals surface area contributed by atoms with Crippen molar-refractivity contribution in [2.45, 2.75) is 70.3 Å². The monoisotopic (exact) mass is 277 g/mol. The molecule has 2 heteroatoms. The first kappa shape index (κ1) is 15.5. The lowest BCUT2D eigenvalue weighted by molar-refractivity contribution is 0.487. The van der Waals surface area contributed by atoms with E-state index in [0.29, 0.717) is 12.0 Å². The Hall–Kier alpha value is -0.890. The Labute approximate surface area is 123 Å². The lowest BCUT2D eigenvalue weighted by Crippen LogP contribution is -2.24. The summed E-state index contributed by atoms with van der Waals surface area (Å²) in [6.07, 6.45) is 10.1. The molecule has 0 aromatic heterocycles. The minimum absolute atomic E-state index is 0.0383. The van der Waals surface area contributed by atoms with Crippen LogP contribution in [0, 0.1) is 5.82 Å². The highest BCUT2D eigenvalue weighted by Gasteiger charge is 2.23. The number of halogens is 1. The van der Waals surface area contributed by atoms with E-state index < -0.39 is 0 Å². The highest BCUT2D eigenvalue weighted by Crippen LogP contribution is 2.27. The molecule has 0 amide bonds. The van der Waals surface area contributed by atoms with E-state index >= 15 is 0 Å². The summed E-state index contributed by atoms with van der Waals surface area (Å²) < 4.78 is 14.0. The van der Waals surface area contributed by atoms with Gasteiger partial charge in [0.2, 0.25) is 0 Å². The third-order valence-corrected chi connectivity index (χ3v) is 4.23. The summed E-state index contributed by atoms with van der Waals surface area (Å²) in [5.41, 5.74) is 0.899. The lowest BCUT2D eigenvalue weighted by Gasteiger charge is -2.19. The zero-order chi connectivity index (χ0) is 14.2. The van der Waals surface area contributed by atoms with Gasteiger partial charge in [0.1, 0.15) is 5.82 Å². The van der Waals surface area contributed by atoms with E-state index in [1.807, 2.05) is 12.1 Å². The van der Waals surface area contributed by atoms with E-state index in [0.717, 1.165) is 18.5 Å². The van der Waals surface area contributed by atoms with Gasteiger partial charge in [-0.15, -0.1) is 0 Å². The zero-order valence-corrected chi connectivity index (χ0v) is 12.7. The van der Waals surface area contributed by atoms with Crippen molar-refractivity contribution in [1.29, 1.82) is 0 Å². The van der Waals surface area contributed by atoms with Gasteiger partial charge in [0, 0.05) is 12.6 Å². The molecule has 0 radical (unpaired) electrons. The maximum Gasteiger partial charge on any atom is 0.126 e. The molecule has 0 spiro atoms. The Morgan fingerprint density at radius 1 is 1.15 bits per heavy atom. The van der Waals surface area contributed by atoms with Crippen LogP contribution in [0.5, 0.6) is 0 Å². The Bertz CT molecular complexity index is 387. The highest BCUT2D eigenvalue weighted by molar-refractivity contribution is 5.22. The number of hydrogen-bond donors (Lipinski definition) is 1. The van der Waals surface area contributed by atoms with Crippen molar-refractivity contribution in [1.82, 2.24) is 5.32 Å². The van der Waals surface area contributed by atoms with Gasteiger partial charge in [0.25, 0.3) is 0 Å². The van der Waals surface area contributed by atoms with Gasteiger partial charge in [-0.2, -0.15) is 0 Å². The van der Waals surface area contributed by atoms with Crippen molar-refractivity contribution < 1.29 is 4.39 Å². The number of unbranched alkanes of at least 4 members (excludes halogenated alkanes) is 4. The largest absolute Gasteiger partial charge is 0.313 e. The molecule has 1 unspecified atom stereocenters. The molecular weight excluding hydrogens is 249 g/mol. The molecule has 0 saturated heterocycles. The van der Waals surface area contributed by atoms with Crippen LogP contribution in [0.1, 0.15) is 69.8 Å². The predicted molar refractivity (Wildman–Crippen MR) is 83.5 cm³/mol. The molecule has 2 rings (SSSR count). The molecule has 1 nitrogen and oxygen atoms in total. The third kappa shape index (κ3) is 5.24. The summed E-state index contributed by atoms with van der Waals surface area (Å²) in [7, 11) is 0. The van der Waals surface area contributed by atoms with Crippen LogP contribution < -0.4 is 5.32 Å². The van der Waals surface area contributed by atoms with Crippen molar-refractivity contribution >= 4 is 0 Å². The van der Waals surface area contributed by atoms with Crippen LogP contribution in [-0.2, 0) is 0 Å². The number of benzene rings is 1. The fourth-order valence-electron chi connectivity index (χ4n) is 2.76. The molecule has 1 aliphatic carbocycles. The minimum Gasteiger partial charge on any atom is -0.313 e. The normalized spacial score (nSPS) is 16.3. The average Bonchev–Trinajstić information content (AvgIpc) is 3.27. The Kier molecular flexibility index (Phi) is 6.52. The molecule has 0 heterocycles. The number of rotatable bonds is 10. The maximum atomic E-state index is 14.0. The van der Waals surface area contributed by atoms with E-state index in [1.54, 1.807) is 12.1 Å². The van der Waals surface area contributed by atoms with E-state index in [4.69, 9.17) is 0 Å².